The summed E-state index contributed by atoms with van der Waals surface area (Å²) in [6, 6.07) is 6.17. The van der Waals surface area contributed by atoms with Gasteiger partial charge in [-0.25, -0.2) is 0 Å². The van der Waals surface area contributed by atoms with Crippen LogP contribution in [0.1, 0.15) is 56.2 Å². The van der Waals surface area contributed by atoms with E-state index in [1.54, 1.807) is 0 Å². The van der Waals surface area contributed by atoms with Gasteiger partial charge in [-0.2, -0.15) is 0 Å². The molecule has 7 heteroatoms. The summed E-state index contributed by atoms with van der Waals surface area (Å²) in [4.78, 5) is 14.7. The molecule has 4 heterocycles. The molecule has 7 nitrogen and oxygen atoms in total. The van der Waals surface area contributed by atoms with Crippen molar-refractivity contribution in [3.8, 4) is 11.5 Å². The normalized spacial score (nSPS) is 23.8. The van der Waals surface area contributed by atoms with Crippen molar-refractivity contribution in [3.63, 3.8) is 0 Å². The van der Waals surface area contributed by atoms with Gasteiger partial charge in [-0.05, 0) is 48.8 Å². The molecule has 3 aliphatic heterocycles. The summed E-state index contributed by atoms with van der Waals surface area (Å²) in [6.07, 6.45) is 6.95. The summed E-state index contributed by atoms with van der Waals surface area (Å²) in [5.41, 5.74) is 1.26. The van der Waals surface area contributed by atoms with E-state index in [0.717, 1.165) is 61.9 Å². The zero-order chi connectivity index (χ0) is 19.8. The van der Waals surface area contributed by atoms with Gasteiger partial charge in [0.2, 0.25) is 12.7 Å². The van der Waals surface area contributed by atoms with Gasteiger partial charge in [-0.1, -0.05) is 19.4 Å². The molecule has 2 aromatic rings. The average molecular weight is 396 g/mol. The standard InChI is InChI=1S/C22H28N4O3/c1-22(12-16-6-7-17-18(11-16)29-15-28-17)9-8-21(27)25(14-22)13-20-24-23-19-5-3-2-4-10-26(19)20/h6-7,11H,2-5,8-10,12-15H2,1H3. The van der Waals surface area contributed by atoms with Gasteiger partial charge >= 0.3 is 0 Å². The van der Waals surface area contributed by atoms with Crippen LogP contribution in [0.3, 0.4) is 0 Å². The Morgan fingerprint density at radius 2 is 2.00 bits per heavy atom. The fourth-order valence-electron chi connectivity index (χ4n) is 4.86. The minimum atomic E-state index is 0.0310. The van der Waals surface area contributed by atoms with E-state index in [1.165, 1.54) is 18.4 Å². The Bertz CT molecular complexity index is 925. The van der Waals surface area contributed by atoms with Gasteiger partial charge < -0.3 is 18.9 Å². The monoisotopic (exact) mass is 396 g/mol. The lowest BCUT2D eigenvalue weighted by Crippen LogP contribution is -2.46. The third kappa shape index (κ3) is 3.70. The second-order valence-corrected chi connectivity index (χ2v) is 8.92. The van der Waals surface area contributed by atoms with Crippen molar-refractivity contribution in [1.82, 2.24) is 19.7 Å². The number of benzene rings is 1. The average Bonchev–Trinajstić information content (AvgIpc) is 3.24. The molecule has 0 bridgehead atoms. The van der Waals surface area contributed by atoms with Crippen LogP contribution in [-0.4, -0.2) is 38.9 Å². The first-order valence-electron chi connectivity index (χ1n) is 10.7. The number of fused-ring (bicyclic) bond motifs is 2. The molecule has 1 atom stereocenters. The number of carbonyl (C=O) groups is 1. The van der Waals surface area contributed by atoms with Crippen LogP contribution in [0, 0.1) is 5.41 Å². The van der Waals surface area contributed by atoms with Crippen molar-refractivity contribution < 1.29 is 14.3 Å². The van der Waals surface area contributed by atoms with E-state index in [9.17, 15) is 4.79 Å². The minimum Gasteiger partial charge on any atom is -0.454 e. The maximum atomic E-state index is 12.7. The fraction of sp³-hybridized carbons (Fsp3) is 0.591. The molecule has 0 N–H and O–H groups in total. The molecule has 1 aromatic carbocycles. The molecule has 3 aliphatic rings. The first-order chi connectivity index (χ1) is 14.1. The Balaban J connectivity index is 1.31. The Morgan fingerprint density at radius 1 is 1.10 bits per heavy atom. The van der Waals surface area contributed by atoms with Crippen molar-refractivity contribution in [2.24, 2.45) is 5.41 Å². The molecule has 5 rings (SSSR count). The zero-order valence-corrected chi connectivity index (χ0v) is 17.0. The Kier molecular flexibility index (Phi) is 4.68. The van der Waals surface area contributed by atoms with Crippen LogP contribution in [0.15, 0.2) is 18.2 Å². The number of amides is 1. The lowest BCUT2D eigenvalue weighted by molar-refractivity contribution is -0.138. The maximum Gasteiger partial charge on any atom is 0.231 e. The summed E-state index contributed by atoms with van der Waals surface area (Å²) >= 11 is 0. The number of aromatic nitrogens is 3. The van der Waals surface area contributed by atoms with Crippen molar-refractivity contribution >= 4 is 5.91 Å². The summed E-state index contributed by atoms with van der Waals surface area (Å²) in [5, 5.41) is 8.82. The number of rotatable bonds is 4. The van der Waals surface area contributed by atoms with Crippen molar-refractivity contribution in [1.29, 1.82) is 0 Å². The highest BCUT2D eigenvalue weighted by Crippen LogP contribution is 2.38. The first-order valence-corrected chi connectivity index (χ1v) is 10.7. The summed E-state index contributed by atoms with van der Waals surface area (Å²) < 4.78 is 13.2. The van der Waals surface area contributed by atoms with Gasteiger partial charge in [0, 0.05) is 25.9 Å². The molecule has 1 fully saturated rings. The highest BCUT2D eigenvalue weighted by Gasteiger charge is 2.36. The van der Waals surface area contributed by atoms with Gasteiger partial charge in [0.1, 0.15) is 5.82 Å². The van der Waals surface area contributed by atoms with E-state index < -0.39 is 0 Å². The Hall–Kier alpha value is -2.57. The number of nitrogens with zero attached hydrogens (tertiary/aromatic N) is 4. The van der Waals surface area contributed by atoms with Crippen molar-refractivity contribution in [3.05, 3.63) is 35.4 Å². The van der Waals surface area contributed by atoms with E-state index >= 15 is 0 Å². The van der Waals surface area contributed by atoms with Gasteiger partial charge in [0.05, 0.1) is 6.54 Å². The number of aryl methyl sites for hydroxylation is 1. The fourth-order valence-corrected chi connectivity index (χ4v) is 4.86. The molecular weight excluding hydrogens is 368 g/mol. The SMILES string of the molecule is CC1(Cc2ccc3c(c2)OCO3)CCC(=O)N(Cc2nnc3n2CCCCC3)C1. The van der Waals surface area contributed by atoms with Crippen LogP contribution in [0.5, 0.6) is 11.5 Å². The van der Waals surface area contributed by atoms with Gasteiger partial charge in [0.15, 0.2) is 17.3 Å². The number of likely N-dealkylation sites (tertiary alicyclic amines) is 1. The van der Waals surface area contributed by atoms with E-state index in [4.69, 9.17) is 9.47 Å². The molecule has 0 spiro atoms. The van der Waals surface area contributed by atoms with E-state index in [1.807, 2.05) is 11.0 Å². The van der Waals surface area contributed by atoms with Gasteiger partial charge in [-0.3, -0.25) is 4.79 Å². The molecule has 1 saturated heterocycles. The van der Waals surface area contributed by atoms with Crippen LogP contribution < -0.4 is 9.47 Å². The molecule has 1 amide bonds. The molecule has 0 aliphatic carbocycles. The quantitative estimate of drug-likeness (QED) is 0.794. The maximum absolute atomic E-state index is 12.7. The number of carbonyl (C=O) groups excluding carboxylic acids is 1. The van der Waals surface area contributed by atoms with Crippen molar-refractivity contribution in [2.75, 3.05) is 13.3 Å². The topological polar surface area (TPSA) is 69.5 Å². The Labute approximate surface area is 171 Å². The third-order valence-corrected chi connectivity index (χ3v) is 6.45. The molecule has 154 valence electrons. The molecule has 0 saturated carbocycles. The zero-order valence-electron chi connectivity index (χ0n) is 17.0. The number of ether oxygens (including phenoxy) is 2. The number of hydrogen-bond donors (Lipinski definition) is 0. The molecule has 0 radical (unpaired) electrons. The van der Waals surface area contributed by atoms with Crippen LogP contribution in [0.25, 0.3) is 0 Å². The second kappa shape index (κ2) is 7.35. The van der Waals surface area contributed by atoms with E-state index in [-0.39, 0.29) is 11.3 Å². The Morgan fingerprint density at radius 3 is 2.93 bits per heavy atom. The van der Waals surface area contributed by atoms with Crippen LogP contribution in [0.2, 0.25) is 0 Å². The van der Waals surface area contributed by atoms with E-state index in [2.05, 4.69) is 33.8 Å². The molecule has 29 heavy (non-hydrogen) atoms. The highest BCUT2D eigenvalue weighted by atomic mass is 16.7. The van der Waals surface area contributed by atoms with Gasteiger partial charge in [-0.15, -0.1) is 10.2 Å². The van der Waals surface area contributed by atoms with Crippen LogP contribution >= 0.6 is 0 Å². The van der Waals surface area contributed by atoms with Crippen LogP contribution in [-0.2, 0) is 30.7 Å². The van der Waals surface area contributed by atoms with Crippen LogP contribution in [0.4, 0.5) is 0 Å². The lowest BCUT2D eigenvalue weighted by Gasteiger charge is -2.40. The summed E-state index contributed by atoms with van der Waals surface area (Å²) in [6.45, 7) is 4.83. The number of piperidine rings is 1. The molecule has 1 unspecified atom stereocenters. The minimum absolute atomic E-state index is 0.0310. The second-order valence-electron chi connectivity index (χ2n) is 8.92. The largest absolute Gasteiger partial charge is 0.454 e. The predicted octanol–water partition coefficient (Wildman–Crippen LogP) is 3.10. The summed E-state index contributed by atoms with van der Waals surface area (Å²) in [7, 11) is 0. The third-order valence-electron chi connectivity index (χ3n) is 6.45. The predicted molar refractivity (Wildman–Crippen MR) is 107 cm³/mol. The summed E-state index contributed by atoms with van der Waals surface area (Å²) in [5.74, 6) is 3.86. The number of hydrogen-bond acceptors (Lipinski definition) is 5. The van der Waals surface area contributed by atoms with Crippen molar-refractivity contribution in [2.45, 2.75) is 65.0 Å². The lowest BCUT2D eigenvalue weighted by atomic mass is 9.76. The highest BCUT2D eigenvalue weighted by molar-refractivity contribution is 5.77. The first kappa shape index (κ1) is 18.5. The molecule has 1 aromatic heterocycles. The van der Waals surface area contributed by atoms with Gasteiger partial charge in [0.25, 0.3) is 0 Å². The molecular formula is C22H28N4O3. The van der Waals surface area contributed by atoms with E-state index in [0.29, 0.717) is 19.8 Å². The smallest absolute Gasteiger partial charge is 0.231 e.